The van der Waals surface area contributed by atoms with Crippen molar-refractivity contribution in [3.05, 3.63) is 53.2 Å². The highest BCUT2D eigenvalue weighted by atomic mass is 35.5. The van der Waals surface area contributed by atoms with Crippen molar-refractivity contribution in [3.8, 4) is 0 Å². The lowest BCUT2D eigenvalue weighted by molar-refractivity contribution is 0.623. The second-order valence-corrected chi connectivity index (χ2v) is 4.65. The minimum absolute atomic E-state index is 0.0679. The molecule has 19 heavy (non-hydrogen) atoms. The van der Waals surface area contributed by atoms with Crippen molar-refractivity contribution >= 4 is 17.4 Å². The van der Waals surface area contributed by atoms with E-state index in [1.807, 2.05) is 0 Å². The van der Waals surface area contributed by atoms with E-state index in [4.69, 9.17) is 11.6 Å². The molecule has 1 aromatic carbocycles. The Balaban J connectivity index is 2.18. The van der Waals surface area contributed by atoms with Crippen LogP contribution in [-0.2, 0) is 0 Å². The van der Waals surface area contributed by atoms with Gasteiger partial charge in [0.05, 0.1) is 18.4 Å². The van der Waals surface area contributed by atoms with Crippen LogP contribution in [0.15, 0.2) is 36.7 Å². The summed E-state index contributed by atoms with van der Waals surface area (Å²) < 4.78 is 13.0. The number of anilines is 1. The molecule has 0 aliphatic rings. The predicted octanol–water partition coefficient (Wildman–Crippen LogP) is 4.22. The molecule has 1 heterocycles. The average Bonchev–Trinajstić information content (AvgIpc) is 2.39. The molecule has 1 N–H and O–H groups in total. The highest BCUT2D eigenvalue weighted by Gasteiger charge is 2.11. The van der Waals surface area contributed by atoms with Crippen molar-refractivity contribution in [2.45, 2.75) is 25.8 Å². The van der Waals surface area contributed by atoms with E-state index in [0.29, 0.717) is 11.0 Å². The van der Waals surface area contributed by atoms with Crippen molar-refractivity contribution in [3.63, 3.8) is 0 Å². The van der Waals surface area contributed by atoms with Crippen LogP contribution < -0.4 is 5.32 Å². The molecule has 1 atom stereocenters. The molecular formula is C14H15ClFN3. The summed E-state index contributed by atoms with van der Waals surface area (Å²) in [6.07, 6.45) is 5.03. The minimum Gasteiger partial charge on any atom is -0.362 e. The Morgan fingerprint density at radius 1 is 1.26 bits per heavy atom. The first kappa shape index (κ1) is 13.7. The number of nitrogens with one attached hydrogen (secondary N) is 1. The molecule has 0 saturated carbocycles. The molecule has 5 heteroatoms. The second-order valence-electron chi connectivity index (χ2n) is 4.26. The summed E-state index contributed by atoms with van der Waals surface area (Å²) >= 11 is 5.81. The fourth-order valence-electron chi connectivity index (χ4n) is 1.90. The Hall–Kier alpha value is -1.68. The van der Waals surface area contributed by atoms with E-state index >= 15 is 0 Å². The Morgan fingerprint density at radius 2 is 2.00 bits per heavy atom. The molecular weight excluding hydrogens is 265 g/mol. The number of aromatic nitrogens is 2. The van der Waals surface area contributed by atoms with Gasteiger partial charge in [0.2, 0.25) is 0 Å². The van der Waals surface area contributed by atoms with Gasteiger partial charge in [0.25, 0.3) is 0 Å². The summed E-state index contributed by atoms with van der Waals surface area (Å²) in [5.74, 6) is 0.386. The first-order valence-corrected chi connectivity index (χ1v) is 6.56. The van der Waals surface area contributed by atoms with Gasteiger partial charge in [-0.15, -0.1) is 0 Å². The van der Waals surface area contributed by atoms with E-state index in [1.54, 1.807) is 18.3 Å². The Labute approximate surface area is 116 Å². The standard InChI is InChI=1S/C14H15ClFN3/c1-2-3-12(10-4-6-11(16)7-5-10)18-14-9-17-8-13(15)19-14/h4-9,12H,2-3H2,1H3,(H,18,19). The third-order valence-corrected chi connectivity index (χ3v) is 2.96. The first-order chi connectivity index (χ1) is 9.19. The third-order valence-electron chi connectivity index (χ3n) is 2.78. The highest BCUT2D eigenvalue weighted by Crippen LogP contribution is 2.23. The van der Waals surface area contributed by atoms with Gasteiger partial charge in [0.1, 0.15) is 16.8 Å². The van der Waals surface area contributed by atoms with Crippen molar-refractivity contribution in [2.75, 3.05) is 5.32 Å². The summed E-state index contributed by atoms with van der Waals surface area (Å²) in [5.41, 5.74) is 1.02. The second kappa shape index (κ2) is 6.48. The van der Waals surface area contributed by atoms with Gasteiger partial charge in [-0.3, -0.25) is 4.98 Å². The molecule has 0 saturated heterocycles. The normalized spacial score (nSPS) is 12.2. The Bertz CT molecular complexity index is 530. The van der Waals surface area contributed by atoms with Crippen molar-refractivity contribution in [2.24, 2.45) is 0 Å². The molecule has 0 aliphatic heterocycles. The largest absolute Gasteiger partial charge is 0.362 e. The maximum Gasteiger partial charge on any atom is 0.149 e. The van der Waals surface area contributed by atoms with Crippen LogP contribution in [0, 0.1) is 5.82 Å². The lowest BCUT2D eigenvalue weighted by Gasteiger charge is -2.19. The molecule has 0 radical (unpaired) electrons. The summed E-state index contributed by atoms with van der Waals surface area (Å²) in [4.78, 5) is 8.14. The van der Waals surface area contributed by atoms with Crippen LogP contribution in [0.2, 0.25) is 5.15 Å². The van der Waals surface area contributed by atoms with E-state index in [1.165, 1.54) is 18.3 Å². The van der Waals surface area contributed by atoms with Gasteiger partial charge >= 0.3 is 0 Å². The van der Waals surface area contributed by atoms with Crippen LogP contribution >= 0.6 is 11.6 Å². The number of rotatable bonds is 5. The van der Waals surface area contributed by atoms with E-state index in [-0.39, 0.29) is 11.9 Å². The van der Waals surface area contributed by atoms with E-state index < -0.39 is 0 Å². The van der Waals surface area contributed by atoms with Crippen LogP contribution in [0.1, 0.15) is 31.4 Å². The maximum absolute atomic E-state index is 13.0. The predicted molar refractivity (Wildman–Crippen MR) is 74.7 cm³/mol. The van der Waals surface area contributed by atoms with E-state index in [0.717, 1.165) is 18.4 Å². The van der Waals surface area contributed by atoms with Crippen LogP contribution in [0.3, 0.4) is 0 Å². The maximum atomic E-state index is 13.0. The Morgan fingerprint density at radius 3 is 2.63 bits per heavy atom. The third kappa shape index (κ3) is 3.89. The first-order valence-electron chi connectivity index (χ1n) is 6.18. The molecule has 1 unspecified atom stereocenters. The topological polar surface area (TPSA) is 37.8 Å². The van der Waals surface area contributed by atoms with Crippen molar-refractivity contribution in [1.29, 1.82) is 0 Å². The molecule has 0 aliphatic carbocycles. The molecule has 0 amide bonds. The van der Waals surface area contributed by atoms with Gasteiger partial charge in [-0.05, 0) is 24.1 Å². The number of hydrogen-bond acceptors (Lipinski definition) is 3. The van der Waals surface area contributed by atoms with Gasteiger partial charge in [-0.25, -0.2) is 9.37 Å². The van der Waals surface area contributed by atoms with Crippen LogP contribution in [0.25, 0.3) is 0 Å². The zero-order valence-electron chi connectivity index (χ0n) is 10.6. The van der Waals surface area contributed by atoms with Crippen LogP contribution in [0.4, 0.5) is 10.2 Å². The quantitative estimate of drug-likeness (QED) is 0.890. The Kier molecular flexibility index (Phi) is 4.68. The average molecular weight is 280 g/mol. The molecule has 0 fully saturated rings. The summed E-state index contributed by atoms with van der Waals surface area (Å²) in [5, 5.41) is 3.62. The van der Waals surface area contributed by atoms with Crippen molar-refractivity contribution < 1.29 is 4.39 Å². The van der Waals surface area contributed by atoms with Crippen LogP contribution in [-0.4, -0.2) is 9.97 Å². The SMILES string of the molecule is CCCC(Nc1cncc(Cl)n1)c1ccc(F)cc1. The van der Waals surface area contributed by atoms with Gasteiger partial charge < -0.3 is 5.32 Å². The lowest BCUT2D eigenvalue weighted by Crippen LogP contribution is -2.12. The zero-order chi connectivity index (χ0) is 13.7. The number of benzene rings is 1. The summed E-state index contributed by atoms with van der Waals surface area (Å²) in [7, 11) is 0. The minimum atomic E-state index is -0.235. The fraction of sp³-hybridized carbons (Fsp3) is 0.286. The van der Waals surface area contributed by atoms with Crippen LogP contribution in [0.5, 0.6) is 0 Å². The van der Waals surface area contributed by atoms with Gasteiger partial charge in [-0.2, -0.15) is 0 Å². The molecule has 0 bridgehead atoms. The van der Waals surface area contributed by atoms with Crippen molar-refractivity contribution in [1.82, 2.24) is 9.97 Å². The molecule has 2 rings (SSSR count). The molecule has 0 spiro atoms. The lowest BCUT2D eigenvalue weighted by atomic mass is 10.0. The fourth-order valence-corrected chi connectivity index (χ4v) is 2.04. The molecule has 100 valence electrons. The smallest absolute Gasteiger partial charge is 0.149 e. The molecule has 1 aromatic heterocycles. The number of hydrogen-bond donors (Lipinski definition) is 1. The van der Waals surface area contributed by atoms with E-state index in [2.05, 4.69) is 22.2 Å². The van der Waals surface area contributed by atoms with Gasteiger partial charge in [-0.1, -0.05) is 37.1 Å². The molecule has 3 nitrogen and oxygen atoms in total. The van der Waals surface area contributed by atoms with Gasteiger partial charge in [0.15, 0.2) is 0 Å². The zero-order valence-corrected chi connectivity index (χ0v) is 11.4. The monoisotopic (exact) mass is 279 g/mol. The number of nitrogens with zero attached hydrogens (tertiary/aromatic N) is 2. The van der Waals surface area contributed by atoms with Gasteiger partial charge in [0, 0.05) is 0 Å². The summed E-state index contributed by atoms with van der Waals surface area (Å²) in [6, 6.07) is 6.55. The summed E-state index contributed by atoms with van der Waals surface area (Å²) in [6.45, 7) is 2.10. The van der Waals surface area contributed by atoms with E-state index in [9.17, 15) is 4.39 Å². The molecule has 2 aromatic rings. The highest BCUT2D eigenvalue weighted by molar-refractivity contribution is 6.29. The number of halogens is 2.